The van der Waals surface area contributed by atoms with E-state index in [-0.39, 0.29) is 10.9 Å². The maximum absolute atomic E-state index is 12.5. The van der Waals surface area contributed by atoms with Crippen LogP contribution < -0.4 is 4.74 Å². The van der Waals surface area contributed by atoms with E-state index in [9.17, 15) is 8.42 Å². The molecule has 0 aliphatic carbocycles. The molecule has 1 unspecified atom stereocenters. The highest BCUT2D eigenvalue weighted by Crippen LogP contribution is 2.25. The fourth-order valence-electron chi connectivity index (χ4n) is 2.12. The minimum absolute atomic E-state index is 0.162. The Morgan fingerprint density at radius 1 is 1.04 bits per heavy atom. The molecule has 0 spiro atoms. The van der Waals surface area contributed by atoms with E-state index in [4.69, 9.17) is 4.74 Å². The van der Waals surface area contributed by atoms with E-state index in [1.165, 1.54) is 4.31 Å². The molecule has 0 heterocycles. The van der Waals surface area contributed by atoms with Gasteiger partial charge in [0.1, 0.15) is 5.75 Å². The van der Waals surface area contributed by atoms with E-state index in [1.54, 1.807) is 26.3 Å². The van der Waals surface area contributed by atoms with E-state index in [2.05, 4.69) is 12.6 Å². The van der Waals surface area contributed by atoms with Gasteiger partial charge in [0, 0.05) is 18.8 Å². The SMILES string of the molecule is COc1ccc(-c2ccc(S(=O)(=O)N(C)C(C)CS)cc2)cc1. The second-order valence-electron chi connectivity index (χ2n) is 5.31. The second kappa shape index (κ2) is 7.38. The Bertz CT molecular complexity index is 740. The number of benzene rings is 2. The quantitative estimate of drug-likeness (QED) is 0.812. The molecule has 0 aliphatic rings. The molecule has 0 aromatic heterocycles. The van der Waals surface area contributed by atoms with E-state index < -0.39 is 10.0 Å². The second-order valence-corrected chi connectivity index (χ2v) is 7.67. The van der Waals surface area contributed by atoms with Crippen LogP contribution in [-0.2, 0) is 10.0 Å². The van der Waals surface area contributed by atoms with Crippen molar-refractivity contribution < 1.29 is 13.2 Å². The van der Waals surface area contributed by atoms with Crippen molar-refractivity contribution in [1.29, 1.82) is 0 Å². The highest BCUT2D eigenvalue weighted by atomic mass is 32.2. The average molecular weight is 351 g/mol. The summed E-state index contributed by atoms with van der Waals surface area (Å²) in [6, 6.07) is 14.4. The van der Waals surface area contributed by atoms with Crippen LogP contribution in [0.2, 0.25) is 0 Å². The molecule has 6 heteroatoms. The van der Waals surface area contributed by atoms with E-state index in [0.29, 0.717) is 5.75 Å². The molecule has 0 amide bonds. The first kappa shape index (κ1) is 17.8. The third-order valence-corrected chi connectivity index (χ3v) is 6.35. The van der Waals surface area contributed by atoms with Gasteiger partial charge in [0.05, 0.1) is 12.0 Å². The first-order valence-corrected chi connectivity index (χ1v) is 9.30. The Morgan fingerprint density at radius 2 is 1.52 bits per heavy atom. The molecule has 4 nitrogen and oxygen atoms in total. The third kappa shape index (κ3) is 3.88. The van der Waals surface area contributed by atoms with Gasteiger partial charge in [0.2, 0.25) is 10.0 Å². The highest BCUT2D eigenvalue weighted by Gasteiger charge is 2.24. The lowest BCUT2D eigenvalue weighted by molar-refractivity contribution is 0.415. The van der Waals surface area contributed by atoms with Crippen LogP contribution in [0.15, 0.2) is 53.4 Å². The molecule has 124 valence electrons. The van der Waals surface area contributed by atoms with Gasteiger partial charge in [-0.15, -0.1) is 0 Å². The molecule has 0 fully saturated rings. The lowest BCUT2D eigenvalue weighted by Gasteiger charge is -2.22. The van der Waals surface area contributed by atoms with Gasteiger partial charge in [-0.05, 0) is 42.3 Å². The van der Waals surface area contributed by atoms with Crippen LogP contribution in [-0.4, -0.2) is 38.7 Å². The molecule has 0 saturated carbocycles. The zero-order valence-corrected chi connectivity index (χ0v) is 15.1. The maximum atomic E-state index is 12.5. The van der Waals surface area contributed by atoms with Gasteiger partial charge in [-0.25, -0.2) is 8.42 Å². The van der Waals surface area contributed by atoms with E-state index in [1.807, 2.05) is 43.3 Å². The fraction of sp³-hybridized carbons (Fsp3) is 0.294. The summed E-state index contributed by atoms with van der Waals surface area (Å²) >= 11 is 4.16. The predicted octanol–water partition coefficient (Wildman–Crippen LogP) is 3.30. The van der Waals surface area contributed by atoms with Crippen molar-refractivity contribution in [2.45, 2.75) is 17.9 Å². The van der Waals surface area contributed by atoms with Crippen molar-refractivity contribution in [3.63, 3.8) is 0 Å². The molecule has 0 bridgehead atoms. The molecular weight excluding hydrogens is 330 g/mol. The van der Waals surface area contributed by atoms with Crippen LogP contribution in [0.4, 0.5) is 0 Å². The number of hydrogen-bond acceptors (Lipinski definition) is 4. The van der Waals surface area contributed by atoms with Gasteiger partial charge in [0.25, 0.3) is 0 Å². The summed E-state index contributed by atoms with van der Waals surface area (Å²) in [4.78, 5) is 0.283. The smallest absolute Gasteiger partial charge is 0.243 e. The molecule has 0 radical (unpaired) electrons. The number of methoxy groups -OCH3 is 1. The molecule has 0 saturated heterocycles. The van der Waals surface area contributed by atoms with Gasteiger partial charge in [-0.1, -0.05) is 24.3 Å². The zero-order chi connectivity index (χ0) is 17.0. The normalized spacial score (nSPS) is 13.1. The van der Waals surface area contributed by atoms with Crippen molar-refractivity contribution in [2.75, 3.05) is 19.9 Å². The zero-order valence-electron chi connectivity index (χ0n) is 13.4. The molecule has 2 aromatic rings. The summed E-state index contributed by atoms with van der Waals surface area (Å²) in [6.45, 7) is 1.83. The Hall–Kier alpha value is -1.50. The average Bonchev–Trinajstić information content (AvgIpc) is 2.60. The van der Waals surface area contributed by atoms with Gasteiger partial charge in [-0.3, -0.25) is 0 Å². The Kier molecular flexibility index (Phi) is 5.73. The summed E-state index contributed by atoms with van der Waals surface area (Å²) in [5, 5.41) is 0. The topological polar surface area (TPSA) is 46.6 Å². The molecule has 2 rings (SSSR count). The maximum Gasteiger partial charge on any atom is 0.243 e. The number of ether oxygens (including phenoxy) is 1. The molecule has 0 N–H and O–H groups in total. The van der Waals surface area contributed by atoms with Crippen molar-refractivity contribution in [3.8, 4) is 16.9 Å². The fourth-order valence-corrected chi connectivity index (χ4v) is 3.84. The van der Waals surface area contributed by atoms with Crippen LogP contribution in [0.1, 0.15) is 6.92 Å². The van der Waals surface area contributed by atoms with Gasteiger partial charge >= 0.3 is 0 Å². The Balaban J connectivity index is 2.28. The lowest BCUT2D eigenvalue weighted by atomic mass is 10.1. The summed E-state index contributed by atoms with van der Waals surface area (Å²) in [6.07, 6.45) is 0. The number of rotatable bonds is 6. The first-order chi connectivity index (χ1) is 10.9. The van der Waals surface area contributed by atoms with E-state index >= 15 is 0 Å². The minimum atomic E-state index is -3.50. The largest absolute Gasteiger partial charge is 0.497 e. The minimum Gasteiger partial charge on any atom is -0.497 e. The third-order valence-electron chi connectivity index (χ3n) is 3.84. The highest BCUT2D eigenvalue weighted by molar-refractivity contribution is 7.89. The monoisotopic (exact) mass is 351 g/mol. The number of sulfonamides is 1. The predicted molar refractivity (Wildman–Crippen MR) is 96.7 cm³/mol. The summed E-state index contributed by atoms with van der Waals surface area (Å²) in [5.41, 5.74) is 1.96. The molecular formula is C17H21NO3S2. The van der Waals surface area contributed by atoms with Gasteiger partial charge < -0.3 is 4.74 Å². The summed E-state index contributed by atoms with van der Waals surface area (Å²) < 4.78 is 31.6. The molecule has 0 aliphatic heterocycles. The van der Waals surface area contributed by atoms with Crippen LogP contribution in [0, 0.1) is 0 Å². The first-order valence-electron chi connectivity index (χ1n) is 7.23. The number of hydrogen-bond donors (Lipinski definition) is 1. The molecule has 2 aromatic carbocycles. The lowest BCUT2D eigenvalue weighted by Crippen LogP contribution is -2.36. The van der Waals surface area contributed by atoms with Crippen molar-refractivity contribution >= 4 is 22.7 Å². The van der Waals surface area contributed by atoms with Crippen molar-refractivity contribution in [1.82, 2.24) is 4.31 Å². The molecule has 23 heavy (non-hydrogen) atoms. The Morgan fingerprint density at radius 3 is 1.96 bits per heavy atom. The molecule has 1 atom stereocenters. The van der Waals surface area contributed by atoms with Crippen molar-refractivity contribution in [3.05, 3.63) is 48.5 Å². The van der Waals surface area contributed by atoms with Gasteiger partial charge in [0.15, 0.2) is 0 Å². The standard InChI is InChI=1S/C17H21NO3S2/c1-13(12-22)18(2)23(19,20)17-10-6-15(7-11-17)14-4-8-16(21-3)9-5-14/h4-11,13,22H,12H2,1-3H3. The van der Waals surface area contributed by atoms with Crippen molar-refractivity contribution in [2.24, 2.45) is 0 Å². The number of thiol groups is 1. The summed E-state index contributed by atoms with van der Waals surface area (Å²) in [5.74, 6) is 1.26. The number of nitrogens with zero attached hydrogens (tertiary/aromatic N) is 1. The van der Waals surface area contributed by atoms with Gasteiger partial charge in [-0.2, -0.15) is 16.9 Å². The van der Waals surface area contributed by atoms with Crippen LogP contribution in [0.5, 0.6) is 5.75 Å². The van der Waals surface area contributed by atoms with Crippen LogP contribution in [0.25, 0.3) is 11.1 Å². The van der Waals surface area contributed by atoms with Crippen LogP contribution >= 0.6 is 12.6 Å². The Labute approximate surface area is 143 Å². The van der Waals surface area contributed by atoms with E-state index in [0.717, 1.165) is 16.9 Å². The summed E-state index contributed by atoms with van der Waals surface area (Å²) in [7, 11) is -0.297. The van der Waals surface area contributed by atoms with Crippen LogP contribution in [0.3, 0.4) is 0 Å².